The van der Waals surface area contributed by atoms with E-state index in [4.69, 9.17) is 4.52 Å². The van der Waals surface area contributed by atoms with Crippen LogP contribution in [0.15, 0.2) is 50.8 Å². The first kappa shape index (κ1) is 14.8. The average Bonchev–Trinajstić information content (AvgIpc) is 3.15. The molecule has 0 atom stereocenters. The number of halogens is 1. The van der Waals surface area contributed by atoms with Crippen molar-refractivity contribution in [2.24, 2.45) is 0 Å². The molecule has 112 valence electrons. The topological polar surface area (TPSA) is 66.6 Å². The Morgan fingerprint density at radius 2 is 2.09 bits per heavy atom. The summed E-state index contributed by atoms with van der Waals surface area (Å²) in [6.45, 7) is 1.76. The van der Waals surface area contributed by atoms with Crippen molar-refractivity contribution in [1.82, 2.24) is 5.16 Å². The minimum absolute atomic E-state index is 0.0200. The standard InChI is InChI=1S/C15H11BrN2O3S/c1-9-13(16)15(21-17-9)18(10-5-2-3-6-11(10)19)14(20)12-7-4-8-22-12/h2-8,19H,1H3. The van der Waals surface area contributed by atoms with E-state index in [1.807, 2.05) is 5.38 Å². The fourth-order valence-electron chi connectivity index (χ4n) is 1.96. The Hall–Kier alpha value is -2.12. The summed E-state index contributed by atoms with van der Waals surface area (Å²) in [4.78, 5) is 14.7. The Bertz CT molecular complexity index is 814. The largest absolute Gasteiger partial charge is 0.506 e. The summed E-state index contributed by atoms with van der Waals surface area (Å²) in [5.41, 5.74) is 0.951. The van der Waals surface area contributed by atoms with Gasteiger partial charge in [-0.1, -0.05) is 23.4 Å². The molecular formula is C15H11BrN2O3S. The van der Waals surface area contributed by atoms with Gasteiger partial charge in [0, 0.05) is 0 Å². The quantitative estimate of drug-likeness (QED) is 0.728. The number of phenolic OH excluding ortho intramolecular Hbond substituents is 1. The number of thiophene rings is 1. The number of hydrogen-bond donors (Lipinski definition) is 1. The number of aromatic nitrogens is 1. The van der Waals surface area contributed by atoms with Crippen molar-refractivity contribution in [2.75, 3.05) is 4.90 Å². The average molecular weight is 379 g/mol. The Labute approximate surface area is 138 Å². The molecular weight excluding hydrogens is 368 g/mol. The predicted octanol–water partition coefficient (Wildman–Crippen LogP) is 4.49. The van der Waals surface area contributed by atoms with E-state index in [-0.39, 0.29) is 17.5 Å². The summed E-state index contributed by atoms with van der Waals surface area (Å²) >= 11 is 4.69. The first-order valence-corrected chi connectivity index (χ1v) is 8.04. The molecule has 0 aliphatic rings. The molecule has 0 aliphatic carbocycles. The number of nitrogens with zero attached hydrogens (tertiary/aromatic N) is 2. The molecule has 0 aliphatic heterocycles. The normalized spacial score (nSPS) is 10.6. The molecule has 1 N–H and O–H groups in total. The van der Waals surface area contributed by atoms with Crippen LogP contribution in [0.2, 0.25) is 0 Å². The van der Waals surface area contributed by atoms with E-state index < -0.39 is 0 Å². The third-order valence-electron chi connectivity index (χ3n) is 3.04. The number of phenols is 1. The smallest absolute Gasteiger partial charge is 0.275 e. The minimum Gasteiger partial charge on any atom is -0.506 e. The number of hydrogen-bond acceptors (Lipinski definition) is 5. The number of carbonyl (C=O) groups is 1. The Morgan fingerprint density at radius 3 is 2.68 bits per heavy atom. The highest BCUT2D eigenvalue weighted by Gasteiger charge is 2.29. The number of aryl methyl sites for hydroxylation is 1. The van der Waals surface area contributed by atoms with Gasteiger partial charge in [-0.25, -0.2) is 4.90 Å². The van der Waals surface area contributed by atoms with Gasteiger partial charge in [0.15, 0.2) is 0 Å². The van der Waals surface area contributed by atoms with Gasteiger partial charge in [-0.05, 0) is 46.4 Å². The van der Waals surface area contributed by atoms with E-state index in [0.29, 0.717) is 20.7 Å². The van der Waals surface area contributed by atoms with Gasteiger partial charge in [-0.2, -0.15) is 0 Å². The highest BCUT2D eigenvalue weighted by atomic mass is 79.9. The van der Waals surface area contributed by atoms with Gasteiger partial charge in [0.05, 0.1) is 16.3 Å². The molecule has 0 bridgehead atoms. The zero-order chi connectivity index (χ0) is 15.7. The van der Waals surface area contributed by atoms with Gasteiger partial charge in [0.25, 0.3) is 11.8 Å². The highest BCUT2D eigenvalue weighted by Crippen LogP contribution is 2.39. The van der Waals surface area contributed by atoms with Crippen LogP contribution < -0.4 is 4.90 Å². The SMILES string of the molecule is Cc1noc(N(C(=O)c2cccs2)c2ccccc2O)c1Br. The number of amides is 1. The summed E-state index contributed by atoms with van der Waals surface area (Å²) < 4.78 is 5.86. The molecule has 2 aromatic heterocycles. The van der Waals surface area contributed by atoms with Gasteiger partial charge in [-0.15, -0.1) is 11.3 Å². The molecule has 1 amide bonds. The number of anilines is 2. The van der Waals surface area contributed by atoms with Crippen LogP contribution in [-0.2, 0) is 0 Å². The first-order valence-electron chi connectivity index (χ1n) is 6.37. The Balaban J connectivity index is 2.17. The molecule has 3 rings (SSSR count). The summed E-state index contributed by atoms with van der Waals surface area (Å²) in [6, 6.07) is 10.1. The predicted molar refractivity (Wildman–Crippen MR) is 87.8 cm³/mol. The summed E-state index contributed by atoms with van der Waals surface area (Å²) in [7, 11) is 0. The van der Waals surface area contributed by atoms with Gasteiger partial charge in [-0.3, -0.25) is 4.79 Å². The molecule has 0 saturated carbocycles. The fraction of sp³-hybridized carbons (Fsp3) is 0.0667. The molecule has 0 radical (unpaired) electrons. The molecule has 1 aromatic carbocycles. The van der Waals surface area contributed by atoms with Gasteiger partial charge in [0.1, 0.15) is 10.2 Å². The summed E-state index contributed by atoms with van der Waals surface area (Å²) in [5.74, 6) is -0.0842. The lowest BCUT2D eigenvalue weighted by atomic mass is 10.2. The van der Waals surface area contributed by atoms with E-state index in [2.05, 4.69) is 21.1 Å². The Kier molecular flexibility index (Phi) is 4.00. The van der Waals surface area contributed by atoms with Crippen LogP contribution in [0.4, 0.5) is 11.6 Å². The second-order valence-corrected chi connectivity index (χ2v) is 6.23. The maximum absolute atomic E-state index is 12.8. The third kappa shape index (κ3) is 2.53. The second kappa shape index (κ2) is 5.94. The Morgan fingerprint density at radius 1 is 1.32 bits per heavy atom. The summed E-state index contributed by atoms with van der Waals surface area (Å²) in [6.07, 6.45) is 0. The molecule has 22 heavy (non-hydrogen) atoms. The van der Waals surface area contributed by atoms with Gasteiger partial charge >= 0.3 is 0 Å². The van der Waals surface area contributed by atoms with Crippen LogP contribution >= 0.6 is 27.3 Å². The van der Waals surface area contributed by atoms with E-state index in [0.717, 1.165) is 0 Å². The minimum atomic E-state index is -0.298. The van der Waals surface area contributed by atoms with Crippen LogP contribution in [0.1, 0.15) is 15.4 Å². The van der Waals surface area contributed by atoms with Crippen molar-refractivity contribution < 1.29 is 14.4 Å². The number of benzene rings is 1. The zero-order valence-corrected chi connectivity index (χ0v) is 13.9. The molecule has 0 fully saturated rings. The zero-order valence-electron chi connectivity index (χ0n) is 11.5. The first-order chi connectivity index (χ1) is 10.6. The lowest BCUT2D eigenvalue weighted by Gasteiger charge is -2.20. The van der Waals surface area contributed by atoms with Crippen molar-refractivity contribution in [3.63, 3.8) is 0 Å². The maximum Gasteiger partial charge on any atom is 0.275 e. The lowest BCUT2D eigenvalue weighted by molar-refractivity contribution is 0.0997. The van der Waals surface area contributed by atoms with Crippen molar-refractivity contribution in [3.05, 3.63) is 56.8 Å². The molecule has 5 nitrogen and oxygen atoms in total. The fourth-order valence-corrected chi connectivity index (χ4v) is 2.94. The number of aromatic hydroxyl groups is 1. The van der Waals surface area contributed by atoms with Crippen LogP contribution in [0.3, 0.4) is 0 Å². The van der Waals surface area contributed by atoms with Crippen molar-refractivity contribution in [2.45, 2.75) is 6.92 Å². The van der Waals surface area contributed by atoms with Gasteiger partial charge in [0.2, 0.25) is 0 Å². The molecule has 2 heterocycles. The van der Waals surface area contributed by atoms with Crippen LogP contribution in [0, 0.1) is 6.92 Å². The van der Waals surface area contributed by atoms with Gasteiger partial charge < -0.3 is 9.63 Å². The molecule has 0 saturated heterocycles. The van der Waals surface area contributed by atoms with E-state index in [1.54, 1.807) is 37.3 Å². The van der Waals surface area contributed by atoms with Crippen molar-refractivity contribution >= 4 is 44.7 Å². The van der Waals surface area contributed by atoms with Crippen molar-refractivity contribution in [3.8, 4) is 5.75 Å². The monoisotopic (exact) mass is 378 g/mol. The van der Waals surface area contributed by atoms with E-state index >= 15 is 0 Å². The number of rotatable bonds is 3. The number of para-hydroxylation sites is 2. The maximum atomic E-state index is 12.8. The van der Waals surface area contributed by atoms with Crippen LogP contribution in [0.5, 0.6) is 5.75 Å². The second-order valence-electron chi connectivity index (χ2n) is 4.49. The number of carbonyl (C=O) groups excluding carboxylic acids is 1. The van der Waals surface area contributed by atoms with E-state index in [1.165, 1.54) is 22.3 Å². The molecule has 0 spiro atoms. The van der Waals surface area contributed by atoms with Crippen molar-refractivity contribution in [1.29, 1.82) is 0 Å². The highest BCUT2D eigenvalue weighted by molar-refractivity contribution is 9.10. The lowest BCUT2D eigenvalue weighted by Crippen LogP contribution is -2.25. The molecule has 7 heteroatoms. The van der Waals surface area contributed by atoms with Crippen LogP contribution in [0.25, 0.3) is 0 Å². The van der Waals surface area contributed by atoms with Crippen LogP contribution in [-0.4, -0.2) is 16.2 Å². The molecule has 0 unspecified atom stereocenters. The van der Waals surface area contributed by atoms with E-state index in [9.17, 15) is 9.90 Å². The summed E-state index contributed by atoms with van der Waals surface area (Å²) in [5, 5.41) is 15.8. The third-order valence-corrected chi connectivity index (χ3v) is 4.81. The molecule has 3 aromatic rings.